The Balaban J connectivity index is 2.24. The third kappa shape index (κ3) is 3.86. The normalized spacial score (nSPS) is 10.6. The molecule has 4 N–H and O–H groups in total. The number of nitrogen functional groups attached to an aromatic ring is 1. The summed E-state index contributed by atoms with van der Waals surface area (Å²) in [4.78, 5) is 15.5. The maximum atomic E-state index is 11.1. The van der Waals surface area contributed by atoms with Gasteiger partial charge < -0.3 is 16.2 Å². The number of pyridine rings is 1. The Morgan fingerprint density at radius 3 is 2.72 bits per heavy atom. The number of aromatic nitrogens is 3. The minimum Gasteiger partial charge on any atom is -0.483 e. The molecule has 0 bridgehead atoms. The lowest BCUT2D eigenvalue weighted by Gasteiger charge is -2.13. The number of hydrogen-bond acceptors (Lipinski definition) is 6. The lowest BCUT2D eigenvalue weighted by Crippen LogP contribution is -2.20. The molecule has 9 heteroatoms. The molecule has 2 heterocycles. The Morgan fingerprint density at radius 1 is 1.34 bits per heavy atom. The van der Waals surface area contributed by atoms with E-state index in [1.165, 1.54) is 0 Å². The molecule has 1 amide bonds. The number of para-hydroxylation sites is 1. The Labute approximate surface area is 172 Å². The molecule has 29 heavy (non-hydrogen) atoms. The molecule has 0 spiro atoms. The summed E-state index contributed by atoms with van der Waals surface area (Å²) in [5, 5.41) is 14.5. The summed E-state index contributed by atoms with van der Waals surface area (Å²) in [5.74, 6) is -0.115. The van der Waals surface area contributed by atoms with E-state index in [0.717, 1.165) is 5.69 Å². The number of primary amides is 1. The third-order valence-corrected chi connectivity index (χ3v) is 4.78. The van der Waals surface area contributed by atoms with Gasteiger partial charge in [0, 0.05) is 23.7 Å². The largest absolute Gasteiger partial charge is 0.483 e. The van der Waals surface area contributed by atoms with Crippen LogP contribution in [-0.4, -0.2) is 27.3 Å². The topological polar surface area (TPSA) is 133 Å². The van der Waals surface area contributed by atoms with Crippen LogP contribution < -0.4 is 16.2 Å². The first-order chi connectivity index (χ1) is 13.9. The Hall–Kier alpha value is -3.57. The number of carbonyl (C=O) groups excluding carboxylic acids is 1. The van der Waals surface area contributed by atoms with Gasteiger partial charge in [0.15, 0.2) is 6.61 Å². The van der Waals surface area contributed by atoms with Crippen LogP contribution in [0.25, 0.3) is 22.4 Å². The third-order valence-electron chi connectivity index (χ3n) is 4.35. The fourth-order valence-corrected chi connectivity index (χ4v) is 3.29. The van der Waals surface area contributed by atoms with Crippen LogP contribution in [0.4, 0.5) is 5.82 Å². The number of nitriles is 1. The van der Waals surface area contributed by atoms with E-state index in [-0.39, 0.29) is 18.0 Å². The van der Waals surface area contributed by atoms with Gasteiger partial charge in [-0.1, -0.05) is 30.7 Å². The zero-order valence-electron chi connectivity index (χ0n) is 15.9. The van der Waals surface area contributed by atoms with E-state index < -0.39 is 5.91 Å². The number of benzene rings is 1. The molecule has 8 nitrogen and oxygen atoms in total. The van der Waals surface area contributed by atoms with Crippen LogP contribution in [0.3, 0.4) is 0 Å². The molecule has 2 aromatic heterocycles. The Morgan fingerprint density at radius 2 is 2.07 bits per heavy atom. The quantitative estimate of drug-likeness (QED) is 0.641. The highest BCUT2D eigenvalue weighted by atomic mass is 35.5. The summed E-state index contributed by atoms with van der Waals surface area (Å²) in [6.07, 6.45) is 0.622. The first-order valence-corrected chi connectivity index (χ1v) is 9.18. The predicted molar refractivity (Wildman–Crippen MR) is 110 cm³/mol. The molecule has 0 atom stereocenters. The summed E-state index contributed by atoms with van der Waals surface area (Å²) in [7, 11) is 1.73. The van der Waals surface area contributed by atoms with Gasteiger partial charge >= 0.3 is 0 Å². The number of halogens is 1. The number of anilines is 1. The van der Waals surface area contributed by atoms with Crippen LogP contribution in [-0.2, 0) is 18.3 Å². The lowest BCUT2D eigenvalue weighted by molar-refractivity contribution is -0.119. The zero-order chi connectivity index (χ0) is 21.1. The van der Waals surface area contributed by atoms with Crippen molar-refractivity contribution < 1.29 is 9.53 Å². The van der Waals surface area contributed by atoms with E-state index in [9.17, 15) is 10.1 Å². The van der Waals surface area contributed by atoms with Crippen molar-refractivity contribution in [3.05, 3.63) is 46.7 Å². The van der Waals surface area contributed by atoms with E-state index in [2.05, 4.69) is 16.2 Å². The van der Waals surface area contributed by atoms with E-state index in [0.29, 0.717) is 39.7 Å². The maximum absolute atomic E-state index is 11.1. The summed E-state index contributed by atoms with van der Waals surface area (Å²) >= 11 is 6.48. The SMILES string of the molecule is CCc1nn(C)c(Cl)c1-c1cc(-c2ccccc2OCC(N)=O)nc(N)c1C#N. The van der Waals surface area contributed by atoms with Crippen molar-refractivity contribution in [2.24, 2.45) is 12.8 Å². The number of rotatable bonds is 6. The van der Waals surface area contributed by atoms with Crippen LogP contribution in [0.1, 0.15) is 18.2 Å². The van der Waals surface area contributed by atoms with Gasteiger partial charge in [-0.25, -0.2) is 4.98 Å². The fourth-order valence-electron chi connectivity index (χ4n) is 3.04. The smallest absolute Gasteiger partial charge is 0.255 e. The highest BCUT2D eigenvalue weighted by molar-refractivity contribution is 6.32. The average molecular weight is 411 g/mol. The summed E-state index contributed by atoms with van der Waals surface area (Å²) < 4.78 is 7.06. The van der Waals surface area contributed by atoms with Gasteiger partial charge in [0.1, 0.15) is 28.4 Å². The number of nitrogens with zero attached hydrogens (tertiary/aromatic N) is 4. The van der Waals surface area contributed by atoms with Gasteiger partial charge in [-0.2, -0.15) is 10.4 Å². The van der Waals surface area contributed by atoms with Crippen molar-refractivity contribution in [1.82, 2.24) is 14.8 Å². The van der Waals surface area contributed by atoms with Crippen LogP contribution >= 0.6 is 11.6 Å². The van der Waals surface area contributed by atoms with Crippen molar-refractivity contribution in [3.63, 3.8) is 0 Å². The second-order valence-corrected chi connectivity index (χ2v) is 6.63. The number of nitrogens with two attached hydrogens (primary N) is 2. The van der Waals surface area contributed by atoms with Gasteiger partial charge in [-0.15, -0.1) is 0 Å². The molecule has 0 saturated heterocycles. The molecule has 0 aliphatic carbocycles. The van der Waals surface area contributed by atoms with Crippen LogP contribution in [0, 0.1) is 11.3 Å². The molecule has 0 unspecified atom stereocenters. The highest BCUT2D eigenvalue weighted by Gasteiger charge is 2.22. The van der Waals surface area contributed by atoms with Crippen molar-refractivity contribution >= 4 is 23.3 Å². The average Bonchev–Trinajstić information content (AvgIpc) is 2.99. The predicted octanol–water partition coefficient (Wildman–Crippen LogP) is 2.68. The molecule has 3 rings (SSSR count). The van der Waals surface area contributed by atoms with Crippen LogP contribution in [0.15, 0.2) is 30.3 Å². The Bertz CT molecular complexity index is 1130. The van der Waals surface area contributed by atoms with Gasteiger partial charge in [0.2, 0.25) is 0 Å². The molecule has 0 aliphatic heterocycles. The summed E-state index contributed by atoms with van der Waals surface area (Å²) in [6.45, 7) is 1.68. The number of carbonyl (C=O) groups is 1. The number of amides is 1. The van der Waals surface area contributed by atoms with Gasteiger partial charge in [-0.05, 0) is 24.6 Å². The van der Waals surface area contributed by atoms with Crippen molar-refractivity contribution in [1.29, 1.82) is 5.26 Å². The number of ether oxygens (including phenoxy) is 1. The maximum Gasteiger partial charge on any atom is 0.255 e. The minimum atomic E-state index is -0.595. The molecule has 0 fully saturated rings. The van der Waals surface area contributed by atoms with E-state index in [4.69, 9.17) is 27.8 Å². The second-order valence-electron chi connectivity index (χ2n) is 6.27. The number of hydrogen-bond donors (Lipinski definition) is 2. The molecule has 0 saturated carbocycles. The minimum absolute atomic E-state index is 0.0617. The number of aryl methyl sites for hydroxylation is 2. The molecular weight excluding hydrogens is 392 g/mol. The molecule has 1 aromatic carbocycles. The zero-order valence-corrected chi connectivity index (χ0v) is 16.7. The highest BCUT2D eigenvalue weighted by Crippen LogP contribution is 2.39. The Kier molecular flexibility index (Phi) is 5.71. The van der Waals surface area contributed by atoms with Gasteiger partial charge in [0.25, 0.3) is 5.91 Å². The molecule has 0 radical (unpaired) electrons. The van der Waals surface area contributed by atoms with Crippen LogP contribution in [0.5, 0.6) is 5.75 Å². The van der Waals surface area contributed by atoms with Crippen molar-refractivity contribution in [2.45, 2.75) is 13.3 Å². The lowest BCUT2D eigenvalue weighted by atomic mass is 9.97. The molecule has 148 valence electrons. The van der Waals surface area contributed by atoms with E-state index in [1.807, 2.05) is 6.92 Å². The van der Waals surface area contributed by atoms with Gasteiger partial charge in [-0.3, -0.25) is 9.48 Å². The first kappa shape index (κ1) is 20.2. The standard InChI is InChI=1S/C20H19ClN6O2/c1-3-14-18(19(21)27(2)26-14)12-8-15(25-20(24)13(12)9-22)11-6-4-5-7-16(11)29-10-17(23)28/h4-8H,3,10H2,1-2H3,(H2,23,28)(H2,24,25). The molecular formula is C20H19ClN6O2. The molecule has 3 aromatic rings. The van der Waals surface area contributed by atoms with Crippen LogP contribution in [0.2, 0.25) is 5.15 Å². The fraction of sp³-hybridized carbons (Fsp3) is 0.200. The van der Waals surface area contributed by atoms with Crippen molar-refractivity contribution in [3.8, 4) is 34.2 Å². The summed E-state index contributed by atoms with van der Waals surface area (Å²) in [6, 6.07) is 10.9. The van der Waals surface area contributed by atoms with Gasteiger partial charge in [0.05, 0.1) is 11.4 Å². The molecule has 0 aliphatic rings. The first-order valence-electron chi connectivity index (χ1n) is 8.80. The van der Waals surface area contributed by atoms with E-state index >= 15 is 0 Å². The van der Waals surface area contributed by atoms with Crippen molar-refractivity contribution in [2.75, 3.05) is 12.3 Å². The van der Waals surface area contributed by atoms with E-state index in [1.54, 1.807) is 42.1 Å². The monoisotopic (exact) mass is 410 g/mol. The second kappa shape index (κ2) is 8.20. The summed E-state index contributed by atoms with van der Waals surface area (Å²) in [5.41, 5.74) is 14.5.